The number of nitrogens with two attached hydrogens (primary N) is 1. The van der Waals surface area contributed by atoms with Gasteiger partial charge in [-0.25, -0.2) is 4.68 Å². The molecule has 0 spiro atoms. The molecular formula is C17H20N6O3. The molecule has 1 aromatic heterocycles. The topological polar surface area (TPSA) is 107 Å². The second-order valence-electron chi connectivity index (χ2n) is 6.60. The fourth-order valence-corrected chi connectivity index (χ4v) is 3.31. The largest absolute Gasteiger partial charge is 0.377 e. The maximum Gasteiger partial charge on any atom is 0.276 e. The predicted molar refractivity (Wildman–Crippen MR) is 92.4 cm³/mol. The quantitative estimate of drug-likeness (QED) is 0.798. The summed E-state index contributed by atoms with van der Waals surface area (Å²) in [6.07, 6.45) is 1.58. The second kappa shape index (κ2) is 6.50. The van der Waals surface area contributed by atoms with Gasteiger partial charge in [0.15, 0.2) is 5.69 Å². The number of para-hydroxylation sites is 1. The van der Waals surface area contributed by atoms with Crippen molar-refractivity contribution < 1.29 is 14.3 Å². The molecule has 1 fully saturated rings. The van der Waals surface area contributed by atoms with Crippen LogP contribution in [0.25, 0.3) is 0 Å². The van der Waals surface area contributed by atoms with Gasteiger partial charge in [-0.15, -0.1) is 5.10 Å². The van der Waals surface area contributed by atoms with E-state index in [1.165, 1.54) is 4.90 Å². The Balaban J connectivity index is 1.59. The molecule has 0 saturated carbocycles. The lowest BCUT2D eigenvalue weighted by atomic mass is 10.1. The normalized spacial score (nSPS) is 23.1. The summed E-state index contributed by atoms with van der Waals surface area (Å²) < 4.78 is 6.91. The van der Waals surface area contributed by atoms with Crippen LogP contribution in [0.2, 0.25) is 0 Å². The summed E-state index contributed by atoms with van der Waals surface area (Å²) in [4.78, 5) is 28.4. The molecule has 1 aromatic carbocycles. The molecule has 0 unspecified atom stereocenters. The molecule has 0 radical (unpaired) electrons. The minimum Gasteiger partial charge on any atom is -0.377 e. The van der Waals surface area contributed by atoms with Gasteiger partial charge in [-0.1, -0.05) is 23.4 Å². The molecule has 26 heavy (non-hydrogen) atoms. The van der Waals surface area contributed by atoms with Crippen LogP contribution in [0.15, 0.2) is 30.5 Å². The number of carbonyl (C=O) groups is 2. The van der Waals surface area contributed by atoms with E-state index in [9.17, 15) is 9.59 Å². The zero-order chi connectivity index (χ0) is 18.3. The Hall–Kier alpha value is -2.78. The molecule has 2 N–H and O–H groups in total. The molecule has 2 amide bonds. The summed E-state index contributed by atoms with van der Waals surface area (Å²) in [5, 5.41) is 8.02. The van der Waals surface area contributed by atoms with Gasteiger partial charge >= 0.3 is 0 Å². The Morgan fingerprint density at radius 2 is 2.08 bits per heavy atom. The minimum atomic E-state index is -0.331. The second-order valence-corrected chi connectivity index (χ2v) is 6.60. The van der Waals surface area contributed by atoms with Crippen molar-refractivity contribution in [2.45, 2.75) is 18.6 Å². The van der Waals surface area contributed by atoms with Crippen LogP contribution in [0.3, 0.4) is 0 Å². The first kappa shape index (κ1) is 16.7. The zero-order valence-corrected chi connectivity index (χ0v) is 14.4. The maximum absolute atomic E-state index is 12.9. The molecule has 2 aliphatic heterocycles. The average molecular weight is 356 g/mol. The Morgan fingerprint density at radius 1 is 1.27 bits per heavy atom. The molecule has 0 aliphatic carbocycles. The van der Waals surface area contributed by atoms with Crippen LogP contribution in [-0.4, -0.2) is 64.6 Å². The van der Waals surface area contributed by atoms with Crippen molar-refractivity contribution in [3.63, 3.8) is 0 Å². The van der Waals surface area contributed by atoms with Crippen LogP contribution in [0.4, 0.5) is 5.69 Å². The maximum atomic E-state index is 12.9. The lowest BCUT2D eigenvalue weighted by molar-refractivity contribution is -0.118. The number of fused-ring (bicyclic) bond motifs is 1. The highest BCUT2D eigenvalue weighted by molar-refractivity contribution is 6.00. The van der Waals surface area contributed by atoms with E-state index in [1.807, 2.05) is 24.3 Å². The SMILES string of the molecule is CN1C(=O)CN(C(=O)c2cn([C@@H]3COC[C@@H]3N)nn2)Cc2ccccc21. The molecule has 2 aromatic rings. The van der Waals surface area contributed by atoms with Crippen LogP contribution < -0.4 is 10.6 Å². The molecular weight excluding hydrogens is 336 g/mol. The van der Waals surface area contributed by atoms with Crippen LogP contribution in [-0.2, 0) is 16.1 Å². The van der Waals surface area contributed by atoms with Crippen molar-refractivity contribution in [2.75, 3.05) is 31.7 Å². The van der Waals surface area contributed by atoms with E-state index in [0.717, 1.165) is 11.3 Å². The van der Waals surface area contributed by atoms with Gasteiger partial charge < -0.3 is 20.3 Å². The number of aromatic nitrogens is 3. The van der Waals surface area contributed by atoms with E-state index >= 15 is 0 Å². The molecule has 0 bridgehead atoms. The van der Waals surface area contributed by atoms with Gasteiger partial charge in [0.25, 0.3) is 5.91 Å². The molecule has 136 valence electrons. The molecule has 9 nitrogen and oxygen atoms in total. The van der Waals surface area contributed by atoms with E-state index in [0.29, 0.717) is 19.8 Å². The van der Waals surface area contributed by atoms with Gasteiger partial charge in [-0.05, 0) is 11.6 Å². The van der Waals surface area contributed by atoms with Crippen LogP contribution in [0, 0.1) is 0 Å². The Bertz CT molecular complexity index is 851. The van der Waals surface area contributed by atoms with E-state index in [1.54, 1.807) is 22.8 Å². The molecule has 3 heterocycles. The van der Waals surface area contributed by atoms with Gasteiger partial charge in [0.05, 0.1) is 31.5 Å². The molecule has 1 saturated heterocycles. The zero-order valence-electron chi connectivity index (χ0n) is 14.4. The van der Waals surface area contributed by atoms with Crippen molar-refractivity contribution in [2.24, 2.45) is 5.73 Å². The minimum absolute atomic E-state index is 0.0110. The van der Waals surface area contributed by atoms with Gasteiger partial charge in [0.1, 0.15) is 6.54 Å². The van der Waals surface area contributed by atoms with Crippen molar-refractivity contribution in [1.29, 1.82) is 0 Å². The number of likely N-dealkylation sites (N-methyl/N-ethyl adjacent to an activating group) is 1. The van der Waals surface area contributed by atoms with Crippen LogP contribution >= 0.6 is 0 Å². The number of rotatable bonds is 2. The van der Waals surface area contributed by atoms with Gasteiger partial charge in [0, 0.05) is 19.3 Å². The van der Waals surface area contributed by atoms with Crippen molar-refractivity contribution in [3.05, 3.63) is 41.7 Å². The van der Waals surface area contributed by atoms with Crippen molar-refractivity contribution in [3.8, 4) is 0 Å². The summed E-state index contributed by atoms with van der Waals surface area (Å²) in [7, 11) is 1.72. The number of anilines is 1. The summed E-state index contributed by atoms with van der Waals surface area (Å²) in [5.41, 5.74) is 7.90. The number of hydrogen-bond acceptors (Lipinski definition) is 6. The highest BCUT2D eigenvalue weighted by atomic mass is 16.5. The van der Waals surface area contributed by atoms with Crippen LogP contribution in [0.5, 0.6) is 0 Å². The fourth-order valence-electron chi connectivity index (χ4n) is 3.31. The third-order valence-corrected chi connectivity index (χ3v) is 4.86. The van der Waals surface area contributed by atoms with E-state index in [2.05, 4.69) is 10.3 Å². The Morgan fingerprint density at radius 3 is 2.85 bits per heavy atom. The van der Waals surface area contributed by atoms with E-state index < -0.39 is 0 Å². The predicted octanol–water partition coefficient (Wildman–Crippen LogP) is -0.204. The summed E-state index contributed by atoms with van der Waals surface area (Å²) >= 11 is 0. The molecule has 2 aliphatic rings. The summed E-state index contributed by atoms with van der Waals surface area (Å²) in [5.74, 6) is -0.482. The third kappa shape index (κ3) is 2.85. The first-order valence-electron chi connectivity index (χ1n) is 8.43. The molecule has 2 atom stereocenters. The number of nitrogens with zero attached hydrogens (tertiary/aromatic N) is 5. The van der Waals surface area contributed by atoms with Crippen LogP contribution in [0.1, 0.15) is 22.1 Å². The first-order chi connectivity index (χ1) is 12.5. The standard InChI is InChI=1S/C17H20N6O3/c1-21-14-5-3-2-4-11(14)6-22(8-16(21)24)17(25)13-7-23(20-19-13)15-10-26-9-12(15)18/h2-5,7,12,15H,6,8-10,18H2,1H3/t12-,15+/m0/s1. The number of benzene rings is 1. The van der Waals surface area contributed by atoms with Gasteiger partial charge in [-0.3, -0.25) is 9.59 Å². The number of ether oxygens (including phenoxy) is 1. The highest BCUT2D eigenvalue weighted by Gasteiger charge is 2.31. The number of amides is 2. The summed E-state index contributed by atoms with van der Waals surface area (Å²) in [6.45, 7) is 1.23. The third-order valence-electron chi connectivity index (χ3n) is 4.86. The smallest absolute Gasteiger partial charge is 0.276 e. The summed E-state index contributed by atoms with van der Waals surface area (Å²) in [6, 6.07) is 7.23. The first-order valence-corrected chi connectivity index (χ1v) is 8.43. The molecule has 4 rings (SSSR count). The molecule has 9 heteroatoms. The van der Waals surface area contributed by atoms with E-state index in [4.69, 9.17) is 10.5 Å². The Labute approximate surface area is 150 Å². The average Bonchev–Trinajstić information content (AvgIpc) is 3.26. The number of carbonyl (C=O) groups excluding carboxylic acids is 2. The Kier molecular flexibility index (Phi) is 4.17. The van der Waals surface area contributed by atoms with Crippen molar-refractivity contribution in [1.82, 2.24) is 19.9 Å². The monoisotopic (exact) mass is 356 g/mol. The fraction of sp³-hybridized carbons (Fsp3) is 0.412. The van der Waals surface area contributed by atoms with Gasteiger partial charge in [-0.2, -0.15) is 0 Å². The van der Waals surface area contributed by atoms with Gasteiger partial charge in [0.2, 0.25) is 5.91 Å². The lowest BCUT2D eigenvalue weighted by Crippen LogP contribution is -2.38. The van der Waals surface area contributed by atoms with E-state index in [-0.39, 0.29) is 36.1 Å². The number of hydrogen-bond donors (Lipinski definition) is 1. The highest BCUT2D eigenvalue weighted by Crippen LogP contribution is 2.25. The van der Waals surface area contributed by atoms with Crippen molar-refractivity contribution >= 4 is 17.5 Å². The lowest BCUT2D eigenvalue weighted by Gasteiger charge is -2.18.